The van der Waals surface area contributed by atoms with Crippen molar-refractivity contribution in [1.29, 1.82) is 0 Å². The molecule has 1 aromatic heterocycles. The lowest BCUT2D eigenvalue weighted by atomic mass is 10.1. The highest BCUT2D eigenvalue weighted by atomic mass is 79.9. The van der Waals surface area contributed by atoms with Gasteiger partial charge in [-0.1, -0.05) is 11.6 Å². The molecule has 0 amide bonds. The molecule has 170 valence electrons. The highest BCUT2D eigenvalue weighted by molar-refractivity contribution is 9.10. The van der Waals surface area contributed by atoms with Crippen molar-refractivity contribution in [2.75, 3.05) is 39.3 Å². The molecular formula is C23H25BrClN3O4. The number of phenols is 1. The summed E-state index contributed by atoms with van der Waals surface area (Å²) in [4.78, 5) is 15.3. The summed E-state index contributed by atoms with van der Waals surface area (Å²) in [5, 5.41) is 27.3. The van der Waals surface area contributed by atoms with Gasteiger partial charge in [-0.25, -0.2) is 0 Å². The third-order valence-corrected chi connectivity index (χ3v) is 6.45. The van der Waals surface area contributed by atoms with E-state index in [1.807, 2.05) is 6.07 Å². The Morgan fingerprint density at radius 2 is 1.97 bits per heavy atom. The molecule has 0 spiro atoms. The van der Waals surface area contributed by atoms with Gasteiger partial charge in [-0.05, 0) is 71.3 Å². The van der Waals surface area contributed by atoms with Crippen LogP contribution in [0.4, 0.5) is 0 Å². The molecule has 0 unspecified atom stereocenters. The Morgan fingerprint density at radius 1 is 1.19 bits per heavy atom. The second-order valence-electron chi connectivity index (χ2n) is 7.85. The van der Waals surface area contributed by atoms with Crippen LogP contribution >= 0.6 is 27.5 Å². The van der Waals surface area contributed by atoms with Crippen LogP contribution in [0.1, 0.15) is 12.0 Å². The van der Waals surface area contributed by atoms with Gasteiger partial charge in [-0.2, -0.15) is 0 Å². The Bertz CT molecular complexity index is 1180. The number of rotatable bonds is 7. The number of nitrogens with zero attached hydrogens (tertiary/aromatic N) is 1. The maximum atomic E-state index is 12.9. The molecule has 7 nitrogen and oxygen atoms in total. The molecule has 0 radical (unpaired) electrons. The molecule has 2 heterocycles. The van der Waals surface area contributed by atoms with Gasteiger partial charge in [0.2, 0.25) is 11.2 Å². The van der Waals surface area contributed by atoms with E-state index >= 15 is 0 Å². The van der Waals surface area contributed by atoms with E-state index < -0.39 is 11.2 Å². The third kappa shape index (κ3) is 5.10. The topological polar surface area (TPSA) is 98.0 Å². The number of aromatic hydroxyl groups is 2. The standard InChI is InChI=1S/C23H25BrClN3O4/c24-17-11-14(13-27-4-1-7-28-8-5-26-6-9-28)10-16-20(30)21(31)22(32-23(16)17)15-2-3-19(29)18(25)12-15/h2-3,10-12,26-27,29,31H,1,4-9,13H2. The molecule has 0 saturated carbocycles. The number of hydrogen-bond donors (Lipinski definition) is 4. The molecule has 4 N–H and O–H groups in total. The average molecular weight is 523 g/mol. The molecule has 4 rings (SSSR count). The Hall–Kier alpha value is -2.10. The minimum Gasteiger partial charge on any atom is -0.506 e. The highest BCUT2D eigenvalue weighted by Gasteiger charge is 2.18. The zero-order valence-corrected chi connectivity index (χ0v) is 19.8. The zero-order chi connectivity index (χ0) is 22.7. The Morgan fingerprint density at radius 3 is 2.72 bits per heavy atom. The number of hydrogen-bond acceptors (Lipinski definition) is 7. The van der Waals surface area contributed by atoms with Crippen molar-refractivity contribution >= 4 is 38.5 Å². The van der Waals surface area contributed by atoms with E-state index in [1.54, 1.807) is 6.07 Å². The molecule has 0 aliphatic carbocycles. The van der Waals surface area contributed by atoms with Crippen LogP contribution in [0.2, 0.25) is 5.02 Å². The van der Waals surface area contributed by atoms with Gasteiger partial charge in [0.1, 0.15) is 5.75 Å². The van der Waals surface area contributed by atoms with Crippen LogP contribution < -0.4 is 16.1 Å². The molecule has 32 heavy (non-hydrogen) atoms. The summed E-state index contributed by atoms with van der Waals surface area (Å²) >= 11 is 9.46. The summed E-state index contributed by atoms with van der Waals surface area (Å²) in [6.45, 7) is 6.83. The number of phenolic OH excluding ortho intramolecular Hbond substituents is 1. The lowest BCUT2D eigenvalue weighted by Gasteiger charge is -2.27. The molecule has 1 aliphatic rings. The monoisotopic (exact) mass is 521 g/mol. The zero-order valence-electron chi connectivity index (χ0n) is 17.5. The van der Waals surface area contributed by atoms with Crippen LogP contribution in [-0.2, 0) is 6.54 Å². The van der Waals surface area contributed by atoms with E-state index in [0.717, 1.165) is 51.3 Å². The maximum absolute atomic E-state index is 12.9. The summed E-state index contributed by atoms with van der Waals surface area (Å²) in [6.07, 6.45) is 1.05. The number of halogens is 2. The van der Waals surface area contributed by atoms with Crippen LogP contribution in [-0.4, -0.2) is 54.4 Å². The summed E-state index contributed by atoms with van der Waals surface area (Å²) in [5.41, 5.74) is 1.13. The Labute approximate surface area is 199 Å². The van der Waals surface area contributed by atoms with Gasteiger partial charge >= 0.3 is 0 Å². The summed E-state index contributed by atoms with van der Waals surface area (Å²) in [6, 6.07) is 7.99. The van der Waals surface area contributed by atoms with Crippen LogP contribution in [0, 0.1) is 0 Å². The predicted molar refractivity (Wildman–Crippen MR) is 130 cm³/mol. The molecule has 1 fully saturated rings. The lowest BCUT2D eigenvalue weighted by Crippen LogP contribution is -2.44. The van der Waals surface area contributed by atoms with Gasteiger partial charge in [-0.15, -0.1) is 0 Å². The largest absolute Gasteiger partial charge is 0.506 e. The molecular weight excluding hydrogens is 498 g/mol. The smallest absolute Gasteiger partial charge is 0.235 e. The second-order valence-corrected chi connectivity index (χ2v) is 9.11. The van der Waals surface area contributed by atoms with E-state index in [-0.39, 0.29) is 16.5 Å². The van der Waals surface area contributed by atoms with E-state index in [4.69, 9.17) is 16.0 Å². The summed E-state index contributed by atoms with van der Waals surface area (Å²) in [5.74, 6) is -0.583. The van der Waals surface area contributed by atoms with Crippen molar-refractivity contribution in [2.45, 2.75) is 13.0 Å². The van der Waals surface area contributed by atoms with Gasteiger partial charge in [0, 0.05) is 38.3 Å². The minimum absolute atomic E-state index is 0.00360. The molecule has 3 aromatic rings. The van der Waals surface area contributed by atoms with Crippen molar-refractivity contribution in [2.24, 2.45) is 0 Å². The van der Waals surface area contributed by atoms with Crippen LogP contribution in [0.5, 0.6) is 11.5 Å². The normalized spacial score (nSPS) is 14.8. The summed E-state index contributed by atoms with van der Waals surface area (Å²) < 4.78 is 6.50. The van der Waals surface area contributed by atoms with Gasteiger partial charge in [0.05, 0.1) is 14.9 Å². The van der Waals surface area contributed by atoms with Crippen molar-refractivity contribution in [3.8, 4) is 22.8 Å². The van der Waals surface area contributed by atoms with Gasteiger partial charge in [0.25, 0.3) is 0 Å². The number of piperazine rings is 1. The average Bonchev–Trinajstić information content (AvgIpc) is 2.79. The van der Waals surface area contributed by atoms with E-state index in [9.17, 15) is 15.0 Å². The second kappa shape index (κ2) is 10.2. The fourth-order valence-corrected chi connectivity index (χ4v) is 4.61. The Balaban J connectivity index is 1.50. The van der Waals surface area contributed by atoms with Crippen LogP contribution in [0.15, 0.2) is 44.0 Å². The highest BCUT2D eigenvalue weighted by Crippen LogP contribution is 2.36. The van der Waals surface area contributed by atoms with Crippen molar-refractivity contribution in [1.82, 2.24) is 15.5 Å². The van der Waals surface area contributed by atoms with Gasteiger partial charge in [-0.3, -0.25) is 4.79 Å². The first kappa shape index (κ1) is 23.1. The fourth-order valence-electron chi connectivity index (χ4n) is 3.84. The first-order valence-corrected chi connectivity index (χ1v) is 11.7. The summed E-state index contributed by atoms with van der Waals surface area (Å²) in [7, 11) is 0. The van der Waals surface area contributed by atoms with Crippen LogP contribution in [0.3, 0.4) is 0 Å². The van der Waals surface area contributed by atoms with Crippen LogP contribution in [0.25, 0.3) is 22.3 Å². The first-order valence-electron chi connectivity index (χ1n) is 10.5. The fraction of sp³-hybridized carbons (Fsp3) is 0.348. The number of benzene rings is 2. The SMILES string of the molecule is O=c1c(O)c(-c2ccc(O)c(Cl)c2)oc2c(Br)cc(CNCCCN3CCNCC3)cc12. The van der Waals surface area contributed by atoms with E-state index in [0.29, 0.717) is 27.6 Å². The molecule has 1 saturated heterocycles. The number of fused-ring (bicyclic) bond motifs is 1. The minimum atomic E-state index is -0.522. The van der Waals surface area contributed by atoms with E-state index in [2.05, 4.69) is 31.5 Å². The molecule has 2 aromatic carbocycles. The lowest BCUT2D eigenvalue weighted by molar-refractivity contribution is 0.237. The van der Waals surface area contributed by atoms with Gasteiger partial charge in [0.15, 0.2) is 11.3 Å². The maximum Gasteiger partial charge on any atom is 0.235 e. The van der Waals surface area contributed by atoms with E-state index in [1.165, 1.54) is 18.2 Å². The molecule has 0 bridgehead atoms. The number of nitrogens with one attached hydrogen (secondary N) is 2. The van der Waals surface area contributed by atoms with Crippen molar-refractivity contribution < 1.29 is 14.6 Å². The molecule has 1 aliphatic heterocycles. The predicted octanol–water partition coefficient (Wildman–Crippen LogP) is 3.67. The molecule has 0 atom stereocenters. The first-order chi connectivity index (χ1) is 15.4. The van der Waals surface area contributed by atoms with Crippen molar-refractivity contribution in [3.05, 3.63) is 55.6 Å². The third-order valence-electron chi connectivity index (χ3n) is 5.56. The van der Waals surface area contributed by atoms with Gasteiger partial charge < -0.3 is 30.2 Å². The quantitative estimate of drug-likeness (QED) is 0.352. The Kier molecular flexibility index (Phi) is 7.37. The van der Waals surface area contributed by atoms with Crippen molar-refractivity contribution in [3.63, 3.8) is 0 Å². The molecule has 9 heteroatoms.